The van der Waals surface area contributed by atoms with Crippen molar-refractivity contribution < 1.29 is 4.74 Å². The molecule has 0 aliphatic heterocycles. The molecule has 0 bridgehead atoms. The fraction of sp³-hybridized carbons (Fsp3) is 0.333. The Morgan fingerprint density at radius 1 is 1.41 bits per heavy atom. The Bertz CT molecular complexity index is 480. The van der Waals surface area contributed by atoms with Crippen LogP contribution in [-0.2, 0) is 0 Å². The number of halogens is 1. The van der Waals surface area contributed by atoms with E-state index in [9.17, 15) is 0 Å². The van der Waals surface area contributed by atoms with Crippen LogP contribution in [0, 0.1) is 0 Å². The van der Waals surface area contributed by atoms with Gasteiger partial charge < -0.3 is 10.1 Å². The average molecular weight is 332 g/mol. The van der Waals surface area contributed by atoms with Crippen molar-refractivity contribution in [1.82, 2.24) is 5.32 Å². The largest absolute Gasteiger partial charge is 0.496 e. The van der Waals surface area contributed by atoms with Gasteiger partial charge in [0.05, 0.1) is 16.9 Å². The highest BCUT2D eigenvalue weighted by Gasteiger charge is 2.17. The van der Waals surface area contributed by atoms with E-state index in [1.807, 2.05) is 5.38 Å². The SMILES string of the molecule is CCNC(c1cc(OC)cs1)c1ccc(Br)s1. The Balaban J connectivity index is 2.28. The van der Waals surface area contributed by atoms with Crippen LogP contribution in [0.15, 0.2) is 27.4 Å². The molecule has 0 amide bonds. The van der Waals surface area contributed by atoms with E-state index >= 15 is 0 Å². The van der Waals surface area contributed by atoms with Gasteiger partial charge in [-0.25, -0.2) is 0 Å². The lowest BCUT2D eigenvalue weighted by atomic mass is 10.2. The van der Waals surface area contributed by atoms with Crippen molar-refractivity contribution in [3.05, 3.63) is 37.1 Å². The first kappa shape index (κ1) is 13.1. The van der Waals surface area contributed by atoms with Crippen molar-refractivity contribution in [3.63, 3.8) is 0 Å². The summed E-state index contributed by atoms with van der Waals surface area (Å²) >= 11 is 7.01. The molecule has 1 atom stereocenters. The first-order valence-corrected chi connectivity index (χ1v) is 7.84. The third-order valence-corrected chi connectivity index (χ3v) is 5.07. The van der Waals surface area contributed by atoms with Crippen LogP contribution in [-0.4, -0.2) is 13.7 Å². The van der Waals surface area contributed by atoms with E-state index in [0.29, 0.717) is 0 Å². The molecule has 0 saturated carbocycles. The molecular weight excluding hydrogens is 318 g/mol. The lowest BCUT2D eigenvalue weighted by molar-refractivity contribution is 0.416. The summed E-state index contributed by atoms with van der Waals surface area (Å²) in [5.41, 5.74) is 0. The fourth-order valence-corrected chi connectivity index (χ4v) is 4.16. The Morgan fingerprint density at radius 2 is 2.24 bits per heavy atom. The molecule has 2 rings (SSSR count). The lowest BCUT2D eigenvalue weighted by Gasteiger charge is -2.14. The second kappa shape index (κ2) is 6.00. The molecule has 17 heavy (non-hydrogen) atoms. The minimum atomic E-state index is 0.269. The highest BCUT2D eigenvalue weighted by Crippen LogP contribution is 2.35. The van der Waals surface area contributed by atoms with Crippen LogP contribution >= 0.6 is 38.6 Å². The lowest BCUT2D eigenvalue weighted by Crippen LogP contribution is -2.20. The summed E-state index contributed by atoms with van der Waals surface area (Å²) in [4.78, 5) is 2.61. The summed E-state index contributed by atoms with van der Waals surface area (Å²) in [6.45, 7) is 3.07. The van der Waals surface area contributed by atoms with E-state index in [2.05, 4.69) is 46.4 Å². The van der Waals surface area contributed by atoms with E-state index < -0.39 is 0 Å². The van der Waals surface area contributed by atoms with Gasteiger partial charge >= 0.3 is 0 Å². The fourth-order valence-electron chi connectivity index (χ4n) is 1.62. The molecule has 0 aliphatic carbocycles. The zero-order valence-electron chi connectivity index (χ0n) is 9.70. The minimum Gasteiger partial charge on any atom is -0.496 e. The molecule has 2 aromatic heterocycles. The van der Waals surface area contributed by atoms with Gasteiger partial charge in [-0.05, 0) is 40.7 Å². The Hall–Kier alpha value is -0.360. The van der Waals surface area contributed by atoms with Crippen molar-refractivity contribution in [2.45, 2.75) is 13.0 Å². The first-order chi connectivity index (χ1) is 8.24. The van der Waals surface area contributed by atoms with Gasteiger partial charge in [-0.1, -0.05) is 6.92 Å². The summed E-state index contributed by atoms with van der Waals surface area (Å²) in [5, 5.41) is 5.55. The van der Waals surface area contributed by atoms with Gasteiger partial charge in [0, 0.05) is 15.1 Å². The molecular formula is C12H14BrNOS2. The van der Waals surface area contributed by atoms with Crippen LogP contribution in [0.25, 0.3) is 0 Å². The number of ether oxygens (including phenoxy) is 1. The molecule has 1 N–H and O–H groups in total. The first-order valence-electron chi connectivity index (χ1n) is 5.35. The van der Waals surface area contributed by atoms with Gasteiger partial charge in [0.2, 0.25) is 0 Å². The van der Waals surface area contributed by atoms with E-state index in [1.165, 1.54) is 13.5 Å². The van der Waals surface area contributed by atoms with Crippen LogP contribution in [0.3, 0.4) is 0 Å². The van der Waals surface area contributed by atoms with Gasteiger partial charge in [0.15, 0.2) is 0 Å². The molecule has 0 aliphatic rings. The topological polar surface area (TPSA) is 21.3 Å². The molecule has 1 unspecified atom stereocenters. The molecule has 0 spiro atoms. The standard InChI is InChI=1S/C12H14BrNOS2/c1-3-14-12(9-4-5-11(13)17-9)10-6-8(15-2)7-16-10/h4-7,12,14H,3H2,1-2H3. The molecule has 2 aromatic rings. The smallest absolute Gasteiger partial charge is 0.129 e. The second-order valence-electron chi connectivity index (χ2n) is 3.52. The van der Waals surface area contributed by atoms with E-state index in [4.69, 9.17) is 4.74 Å². The quantitative estimate of drug-likeness (QED) is 0.882. The van der Waals surface area contributed by atoms with E-state index in [-0.39, 0.29) is 6.04 Å². The summed E-state index contributed by atoms with van der Waals surface area (Å²) in [6, 6.07) is 6.62. The van der Waals surface area contributed by atoms with Crippen molar-refractivity contribution >= 4 is 38.6 Å². The predicted molar refractivity (Wildman–Crippen MR) is 78.4 cm³/mol. The Labute approximate surface area is 118 Å². The van der Waals surface area contributed by atoms with Crippen molar-refractivity contribution in [2.24, 2.45) is 0 Å². The van der Waals surface area contributed by atoms with Crippen LogP contribution < -0.4 is 10.1 Å². The molecule has 5 heteroatoms. The molecule has 2 nitrogen and oxygen atoms in total. The Morgan fingerprint density at radius 3 is 2.76 bits per heavy atom. The average Bonchev–Trinajstić information content (AvgIpc) is 2.94. The van der Waals surface area contributed by atoms with Gasteiger partial charge in [-0.3, -0.25) is 0 Å². The maximum absolute atomic E-state index is 5.24. The second-order valence-corrected chi connectivity index (χ2v) is 6.96. The highest BCUT2D eigenvalue weighted by molar-refractivity contribution is 9.11. The molecule has 2 heterocycles. The number of hydrogen-bond donors (Lipinski definition) is 1. The summed E-state index contributed by atoms with van der Waals surface area (Å²) < 4.78 is 6.41. The predicted octanol–water partition coefficient (Wildman–Crippen LogP) is 4.28. The maximum atomic E-state index is 5.24. The zero-order chi connectivity index (χ0) is 12.3. The maximum Gasteiger partial charge on any atom is 0.129 e. The summed E-state index contributed by atoms with van der Waals surface area (Å²) in [6.07, 6.45) is 0. The molecule has 0 saturated heterocycles. The van der Waals surface area contributed by atoms with Gasteiger partial charge in [-0.2, -0.15) is 0 Å². The summed E-state index contributed by atoms with van der Waals surface area (Å²) in [7, 11) is 1.70. The van der Waals surface area contributed by atoms with Crippen LogP contribution in [0.5, 0.6) is 5.75 Å². The van der Waals surface area contributed by atoms with Crippen LogP contribution in [0.2, 0.25) is 0 Å². The molecule has 0 aromatic carbocycles. The van der Waals surface area contributed by atoms with E-state index in [1.54, 1.807) is 29.8 Å². The molecule has 0 radical (unpaired) electrons. The third kappa shape index (κ3) is 3.10. The third-order valence-electron chi connectivity index (χ3n) is 2.40. The number of rotatable bonds is 5. The van der Waals surface area contributed by atoms with Gasteiger partial charge in [0.25, 0.3) is 0 Å². The number of methoxy groups -OCH3 is 1. The van der Waals surface area contributed by atoms with Crippen molar-refractivity contribution in [2.75, 3.05) is 13.7 Å². The zero-order valence-corrected chi connectivity index (χ0v) is 12.9. The van der Waals surface area contributed by atoms with E-state index in [0.717, 1.165) is 12.3 Å². The Kier molecular flexibility index (Phi) is 4.62. The minimum absolute atomic E-state index is 0.269. The van der Waals surface area contributed by atoms with Gasteiger partial charge in [-0.15, -0.1) is 22.7 Å². The molecule has 0 fully saturated rings. The van der Waals surface area contributed by atoms with Crippen molar-refractivity contribution in [1.29, 1.82) is 0 Å². The molecule has 92 valence electrons. The number of thiophene rings is 2. The monoisotopic (exact) mass is 331 g/mol. The highest BCUT2D eigenvalue weighted by atomic mass is 79.9. The number of nitrogens with one attached hydrogen (secondary N) is 1. The summed E-state index contributed by atoms with van der Waals surface area (Å²) in [5.74, 6) is 0.934. The van der Waals surface area contributed by atoms with Crippen LogP contribution in [0.4, 0.5) is 0 Å². The normalized spacial score (nSPS) is 12.6. The van der Waals surface area contributed by atoms with Crippen molar-refractivity contribution in [3.8, 4) is 5.75 Å². The van der Waals surface area contributed by atoms with Gasteiger partial charge in [0.1, 0.15) is 5.75 Å². The van der Waals surface area contributed by atoms with Crippen LogP contribution in [0.1, 0.15) is 22.7 Å². The number of hydrogen-bond acceptors (Lipinski definition) is 4.